The molecule has 0 saturated carbocycles. The first kappa shape index (κ1) is 16.9. The number of anilines is 1. The molecule has 0 unspecified atom stereocenters. The van der Waals surface area contributed by atoms with E-state index in [1.54, 1.807) is 18.5 Å². The van der Waals surface area contributed by atoms with Gasteiger partial charge in [-0.3, -0.25) is 14.7 Å². The molecule has 0 radical (unpaired) electrons. The normalized spacial score (nSPS) is 15.2. The van der Waals surface area contributed by atoms with E-state index in [2.05, 4.69) is 15.2 Å². The number of benzene rings is 1. The highest BCUT2D eigenvalue weighted by atomic mass is 35.5. The van der Waals surface area contributed by atoms with E-state index in [1.165, 1.54) is 0 Å². The number of rotatable bonds is 5. The zero-order chi connectivity index (χ0) is 16.8. The number of hydrogen-bond donors (Lipinski definition) is 1. The topological polar surface area (TPSA) is 54.5 Å². The molecule has 1 aromatic carbocycles. The first-order valence-corrected chi connectivity index (χ1v) is 8.36. The van der Waals surface area contributed by atoms with E-state index in [-0.39, 0.29) is 5.91 Å². The van der Waals surface area contributed by atoms with Gasteiger partial charge in [-0.15, -0.1) is 0 Å². The second kappa shape index (κ2) is 8.24. The molecule has 126 valence electrons. The highest BCUT2D eigenvalue weighted by molar-refractivity contribution is 6.31. The van der Waals surface area contributed by atoms with Crippen molar-refractivity contribution in [1.82, 2.24) is 9.88 Å². The van der Waals surface area contributed by atoms with Crippen LogP contribution in [0.25, 0.3) is 0 Å². The van der Waals surface area contributed by atoms with Crippen LogP contribution in [0.5, 0.6) is 0 Å². The lowest BCUT2D eigenvalue weighted by Crippen LogP contribution is -2.35. The molecule has 1 aliphatic rings. The van der Waals surface area contributed by atoms with Gasteiger partial charge in [-0.2, -0.15) is 0 Å². The van der Waals surface area contributed by atoms with Crippen LogP contribution in [0.15, 0.2) is 42.7 Å². The van der Waals surface area contributed by atoms with Gasteiger partial charge in [0, 0.05) is 42.7 Å². The predicted octanol–water partition coefficient (Wildman–Crippen LogP) is 2.75. The van der Waals surface area contributed by atoms with Gasteiger partial charge < -0.3 is 10.1 Å². The van der Waals surface area contributed by atoms with E-state index in [0.717, 1.165) is 44.0 Å². The summed E-state index contributed by atoms with van der Waals surface area (Å²) in [7, 11) is 0. The molecule has 1 N–H and O–H groups in total. The Labute approximate surface area is 146 Å². The van der Waals surface area contributed by atoms with Crippen molar-refractivity contribution in [2.24, 2.45) is 0 Å². The zero-order valence-electron chi connectivity index (χ0n) is 13.4. The van der Waals surface area contributed by atoms with Gasteiger partial charge in [-0.05, 0) is 29.3 Å². The van der Waals surface area contributed by atoms with Crippen LogP contribution < -0.4 is 5.32 Å². The van der Waals surface area contributed by atoms with Crippen molar-refractivity contribution in [3.8, 4) is 0 Å². The third-order valence-corrected chi connectivity index (χ3v) is 4.27. The Morgan fingerprint density at radius 1 is 1.29 bits per heavy atom. The number of aromatic nitrogens is 1. The fourth-order valence-corrected chi connectivity index (χ4v) is 2.89. The summed E-state index contributed by atoms with van der Waals surface area (Å²) < 4.78 is 5.35. The van der Waals surface area contributed by atoms with E-state index in [4.69, 9.17) is 16.3 Å². The summed E-state index contributed by atoms with van der Waals surface area (Å²) in [6, 6.07) is 9.36. The van der Waals surface area contributed by atoms with E-state index >= 15 is 0 Å². The van der Waals surface area contributed by atoms with E-state index in [9.17, 15) is 4.79 Å². The molecule has 5 nitrogen and oxygen atoms in total. The van der Waals surface area contributed by atoms with Gasteiger partial charge in [-0.25, -0.2) is 0 Å². The van der Waals surface area contributed by atoms with Crippen LogP contribution in [0.4, 0.5) is 5.69 Å². The number of morpholine rings is 1. The Hall–Kier alpha value is -1.95. The lowest BCUT2D eigenvalue weighted by atomic mass is 10.1. The third-order valence-electron chi connectivity index (χ3n) is 3.92. The minimum absolute atomic E-state index is 0.0833. The molecule has 3 rings (SSSR count). The van der Waals surface area contributed by atoms with Crippen LogP contribution in [0.1, 0.15) is 11.1 Å². The molecule has 1 aliphatic heterocycles. The summed E-state index contributed by atoms with van der Waals surface area (Å²) in [4.78, 5) is 18.4. The maximum Gasteiger partial charge on any atom is 0.228 e. The van der Waals surface area contributed by atoms with Crippen molar-refractivity contribution >= 4 is 23.2 Å². The number of carbonyl (C=O) groups is 1. The van der Waals surface area contributed by atoms with E-state index < -0.39 is 0 Å². The molecule has 1 fully saturated rings. The monoisotopic (exact) mass is 345 g/mol. The average molecular weight is 346 g/mol. The maximum absolute atomic E-state index is 12.1. The molecule has 1 amide bonds. The fraction of sp³-hybridized carbons (Fsp3) is 0.333. The number of halogens is 1. The lowest BCUT2D eigenvalue weighted by molar-refractivity contribution is -0.115. The molecule has 1 aromatic heterocycles. The van der Waals surface area contributed by atoms with Gasteiger partial charge in [0.25, 0.3) is 0 Å². The summed E-state index contributed by atoms with van der Waals surface area (Å²) in [5, 5.41) is 3.54. The molecule has 2 heterocycles. The van der Waals surface area contributed by atoms with E-state index in [0.29, 0.717) is 17.1 Å². The molecule has 0 atom stereocenters. The molecular weight excluding hydrogens is 326 g/mol. The van der Waals surface area contributed by atoms with Gasteiger partial charge in [-0.1, -0.05) is 23.7 Å². The molecule has 0 aliphatic carbocycles. The summed E-state index contributed by atoms with van der Waals surface area (Å²) >= 11 is 6.37. The average Bonchev–Trinajstić information content (AvgIpc) is 2.59. The lowest BCUT2D eigenvalue weighted by Gasteiger charge is -2.27. The van der Waals surface area contributed by atoms with Gasteiger partial charge in [0.2, 0.25) is 5.91 Å². The van der Waals surface area contributed by atoms with Crippen molar-refractivity contribution in [2.75, 3.05) is 31.6 Å². The third kappa shape index (κ3) is 4.77. The van der Waals surface area contributed by atoms with Gasteiger partial charge in [0.15, 0.2) is 0 Å². The Morgan fingerprint density at radius 3 is 2.83 bits per heavy atom. The van der Waals surface area contributed by atoms with Gasteiger partial charge in [0.1, 0.15) is 0 Å². The summed E-state index contributed by atoms with van der Waals surface area (Å²) in [5.74, 6) is -0.0833. The Balaban J connectivity index is 1.58. The number of ether oxygens (including phenoxy) is 1. The quantitative estimate of drug-likeness (QED) is 0.905. The minimum atomic E-state index is -0.0833. The van der Waals surface area contributed by atoms with Crippen molar-refractivity contribution in [3.63, 3.8) is 0 Å². The van der Waals surface area contributed by atoms with Gasteiger partial charge in [0.05, 0.1) is 19.6 Å². The fourth-order valence-electron chi connectivity index (χ4n) is 2.65. The number of hydrogen-bond acceptors (Lipinski definition) is 4. The summed E-state index contributed by atoms with van der Waals surface area (Å²) in [5.41, 5.74) is 2.65. The van der Waals surface area contributed by atoms with Crippen molar-refractivity contribution in [2.45, 2.75) is 13.0 Å². The van der Waals surface area contributed by atoms with Crippen LogP contribution in [0.2, 0.25) is 5.02 Å². The zero-order valence-corrected chi connectivity index (χ0v) is 14.1. The predicted molar refractivity (Wildman–Crippen MR) is 94.1 cm³/mol. The van der Waals surface area contributed by atoms with Crippen LogP contribution in [0.3, 0.4) is 0 Å². The molecular formula is C18H20ClN3O2. The van der Waals surface area contributed by atoms with Gasteiger partial charge >= 0.3 is 0 Å². The van der Waals surface area contributed by atoms with Crippen molar-refractivity contribution in [3.05, 3.63) is 58.9 Å². The Morgan fingerprint density at radius 2 is 2.12 bits per heavy atom. The molecule has 2 aromatic rings. The smallest absolute Gasteiger partial charge is 0.228 e. The molecule has 24 heavy (non-hydrogen) atoms. The first-order chi connectivity index (χ1) is 11.7. The minimum Gasteiger partial charge on any atom is -0.379 e. The first-order valence-electron chi connectivity index (χ1n) is 7.98. The van der Waals surface area contributed by atoms with Crippen LogP contribution in [-0.4, -0.2) is 42.1 Å². The molecule has 0 bridgehead atoms. The molecule has 0 spiro atoms. The van der Waals surface area contributed by atoms with E-state index in [1.807, 2.05) is 24.3 Å². The summed E-state index contributed by atoms with van der Waals surface area (Å²) in [6.45, 7) is 4.16. The molecule has 6 heteroatoms. The van der Waals surface area contributed by atoms with Crippen LogP contribution in [-0.2, 0) is 22.5 Å². The number of pyridine rings is 1. The number of amides is 1. The number of carbonyl (C=O) groups excluding carboxylic acids is 1. The SMILES string of the molecule is O=C(Cc1cccnc1)Nc1ccc(CN2CCOCC2)c(Cl)c1. The van der Waals surface area contributed by atoms with Crippen LogP contribution >= 0.6 is 11.6 Å². The molecule has 1 saturated heterocycles. The highest BCUT2D eigenvalue weighted by Gasteiger charge is 2.13. The Bertz CT molecular complexity index is 688. The highest BCUT2D eigenvalue weighted by Crippen LogP contribution is 2.23. The number of nitrogens with one attached hydrogen (secondary N) is 1. The van der Waals surface area contributed by atoms with Crippen molar-refractivity contribution < 1.29 is 9.53 Å². The maximum atomic E-state index is 12.1. The largest absolute Gasteiger partial charge is 0.379 e. The summed E-state index contributed by atoms with van der Waals surface area (Å²) in [6.07, 6.45) is 3.67. The van der Waals surface area contributed by atoms with Crippen molar-refractivity contribution in [1.29, 1.82) is 0 Å². The standard InChI is InChI=1S/C18H20ClN3O2/c19-17-11-16(21-18(23)10-14-2-1-5-20-12-14)4-3-15(17)13-22-6-8-24-9-7-22/h1-5,11-12H,6-10,13H2,(H,21,23). The second-order valence-electron chi connectivity index (χ2n) is 5.78. The Kier molecular flexibility index (Phi) is 5.80. The second-order valence-corrected chi connectivity index (χ2v) is 6.19. The number of nitrogens with zero attached hydrogens (tertiary/aromatic N) is 2. The van der Waals surface area contributed by atoms with Crippen LogP contribution in [0, 0.1) is 0 Å².